The van der Waals surface area contributed by atoms with Crippen LogP contribution in [-0.2, 0) is 4.74 Å². The molecule has 0 aromatic heterocycles. The standard InChI is InChI=1S/C19H40N4O/c1-4-20-19(22-13-7-9-17-24-5-2)21-12-6-8-14-23-15-10-18(3)11-16-23/h18H,4-17H2,1-3H3,(H2,20,21,22). The molecule has 0 aromatic carbocycles. The summed E-state index contributed by atoms with van der Waals surface area (Å²) in [6.07, 6.45) is 7.40. The fraction of sp³-hybridized carbons (Fsp3) is 0.947. The van der Waals surface area contributed by atoms with Crippen LogP contribution in [0.2, 0.25) is 0 Å². The van der Waals surface area contributed by atoms with E-state index in [4.69, 9.17) is 4.74 Å². The maximum Gasteiger partial charge on any atom is 0.191 e. The number of hydrogen-bond donors (Lipinski definition) is 2. The molecule has 1 saturated heterocycles. The molecule has 142 valence electrons. The molecule has 0 spiro atoms. The lowest BCUT2D eigenvalue weighted by molar-refractivity contribution is 0.143. The van der Waals surface area contributed by atoms with Crippen molar-refractivity contribution in [2.24, 2.45) is 10.9 Å². The van der Waals surface area contributed by atoms with E-state index in [2.05, 4.69) is 34.4 Å². The maximum absolute atomic E-state index is 5.36. The Morgan fingerprint density at radius 1 is 1.08 bits per heavy atom. The molecule has 1 rings (SSSR count). The highest BCUT2D eigenvalue weighted by Crippen LogP contribution is 2.16. The second-order valence-corrected chi connectivity index (χ2v) is 6.82. The van der Waals surface area contributed by atoms with Gasteiger partial charge in [0.05, 0.1) is 0 Å². The van der Waals surface area contributed by atoms with Gasteiger partial charge in [-0.05, 0) is 77.9 Å². The molecule has 1 aliphatic heterocycles. The summed E-state index contributed by atoms with van der Waals surface area (Å²) in [7, 11) is 0. The van der Waals surface area contributed by atoms with Crippen LogP contribution in [0, 0.1) is 5.92 Å². The third-order valence-electron chi connectivity index (χ3n) is 4.58. The van der Waals surface area contributed by atoms with Crippen molar-refractivity contribution >= 4 is 5.96 Å². The van der Waals surface area contributed by atoms with Crippen molar-refractivity contribution in [3.63, 3.8) is 0 Å². The summed E-state index contributed by atoms with van der Waals surface area (Å²) in [6, 6.07) is 0. The van der Waals surface area contributed by atoms with Crippen LogP contribution in [0.3, 0.4) is 0 Å². The molecular formula is C19H40N4O. The molecule has 5 heteroatoms. The zero-order valence-corrected chi connectivity index (χ0v) is 16.3. The monoisotopic (exact) mass is 340 g/mol. The van der Waals surface area contributed by atoms with Gasteiger partial charge in [-0.25, -0.2) is 0 Å². The van der Waals surface area contributed by atoms with Crippen LogP contribution in [0.5, 0.6) is 0 Å². The smallest absolute Gasteiger partial charge is 0.191 e. The maximum atomic E-state index is 5.36. The molecule has 0 saturated carbocycles. The van der Waals surface area contributed by atoms with Crippen molar-refractivity contribution in [1.82, 2.24) is 15.5 Å². The highest BCUT2D eigenvalue weighted by molar-refractivity contribution is 5.79. The molecular weight excluding hydrogens is 300 g/mol. The lowest BCUT2D eigenvalue weighted by atomic mass is 9.99. The van der Waals surface area contributed by atoms with Crippen LogP contribution >= 0.6 is 0 Å². The summed E-state index contributed by atoms with van der Waals surface area (Å²) in [6.45, 7) is 14.8. The first-order valence-corrected chi connectivity index (χ1v) is 10.1. The normalized spacial score (nSPS) is 17.2. The fourth-order valence-corrected chi connectivity index (χ4v) is 2.95. The topological polar surface area (TPSA) is 48.9 Å². The first-order valence-electron chi connectivity index (χ1n) is 10.1. The summed E-state index contributed by atoms with van der Waals surface area (Å²) in [4.78, 5) is 7.30. The number of likely N-dealkylation sites (tertiary alicyclic amines) is 1. The minimum atomic E-state index is 0.813. The van der Waals surface area contributed by atoms with Crippen molar-refractivity contribution < 1.29 is 4.74 Å². The van der Waals surface area contributed by atoms with E-state index in [-0.39, 0.29) is 0 Å². The molecule has 0 amide bonds. The lowest BCUT2D eigenvalue weighted by Gasteiger charge is -2.30. The highest BCUT2D eigenvalue weighted by atomic mass is 16.5. The number of ether oxygens (including phenoxy) is 1. The van der Waals surface area contributed by atoms with E-state index in [0.717, 1.165) is 57.6 Å². The van der Waals surface area contributed by atoms with Gasteiger partial charge < -0.3 is 20.3 Å². The van der Waals surface area contributed by atoms with Gasteiger partial charge in [0.15, 0.2) is 5.96 Å². The largest absolute Gasteiger partial charge is 0.382 e. The average Bonchev–Trinajstić information content (AvgIpc) is 2.59. The molecule has 1 heterocycles. The Kier molecular flexibility index (Phi) is 12.9. The van der Waals surface area contributed by atoms with Crippen LogP contribution < -0.4 is 10.6 Å². The van der Waals surface area contributed by atoms with Gasteiger partial charge in [0.25, 0.3) is 0 Å². The van der Waals surface area contributed by atoms with Crippen LogP contribution in [0.15, 0.2) is 4.99 Å². The van der Waals surface area contributed by atoms with E-state index in [1.165, 1.54) is 45.3 Å². The molecule has 0 bridgehead atoms. The molecule has 0 unspecified atom stereocenters. The summed E-state index contributed by atoms with van der Waals surface area (Å²) >= 11 is 0. The quantitative estimate of drug-likeness (QED) is 0.326. The van der Waals surface area contributed by atoms with Crippen molar-refractivity contribution in [1.29, 1.82) is 0 Å². The number of nitrogens with zero attached hydrogens (tertiary/aromatic N) is 2. The van der Waals surface area contributed by atoms with Gasteiger partial charge in [0.2, 0.25) is 0 Å². The zero-order valence-electron chi connectivity index (χ0n) is 16.3. The van der Waals surface area contributed by atoms with Crippen LogP contribution in [0.4, 0.5) is 0 Å². The number of hydrogen-bond acceptors (Lipinski definition) is 3. The second-order valence-electron chi connectivity index (χ2n) is 6.82. The Labute approximate surface area is 149 Å². The number of rotatable bonds is 12. The van der Waals surface area contributed by atoms with Gasteiger partial charge in [0, 0.05) is 32.8 Å². The molecule has 0 aromatic rings. The Morgan fingerprint density at radius 3 is 2.58 bits per heavy atom. The molecule has 0 radical (unpaired) electrons. The van der Waals surface area contributed by atoms with Gasteiger partial charge in [-0.3, -0.25) is 4.99 Å². The van der Waals surface area contributed by atoms with E-state index in [1.807, 2.05) is 6.92 Å². The first kappa shape index (κ1) is 21.2. The van der Waals surface area contributed by atoms with E-state index in [0.29, 0.717) is 0 Å². The van der Waals surface area contributed by atoms with Crippen LogP contribution in [-0.4, -0.2) is 63.3 Å². The average molecular weight is 341 g/mol. The Balaban J connectivity index is 2.07. The molecule has 0 aliphatic carbocycles. The van der Waals surface area contributed by atoms with Crippen molar-refractivity contribution in [3.05, 3.63) is 0 Å². The third-order valence-corrected chi connectivity index (χ3v) is 4.58. The van der Waals surface area contributed by atoms with E-state index >= 15 is 0 Å². The van der Waals surface area contributed by atoms with Crippen molar-refractivity contribution in [2.45, 2.75) is 59.3 Å². The highest BCUT2D eigenvalue weighted by Gasteiger charge is 2.14. The predicted molar refractivity (Wildman–Crippen MR) is 104 cm³/mol. The number of guanidine groups is 1. The number of nitrogens with one attached hydrogen (secondary N) is 2. The van der Waals surface area contributed by atoms with Gasteiger partial charge in [-0.15, -0.1) is 0 Å². The number of piperidine rings is 1. The molecule has 5 nitrogen and oxygen atoms in total. The van der Waals surface area contributed by atoms with E-state index in [1.54, 1.807) is 0 Å². The number of aliphatic imine (C=N–C) groups is 1. The zero-order chi connectivity index (χ0) is 17.5. The summed E-state index contributed by atoms with van der Waals surface area (Å²) < 4.78 is 5.36. The molecule has 2 N–H and O–H groups in total. The minimum absolute atomic E-state index is 0.813. The molecule has 24 heavy (non-hydrogen) atoms. The summed E-state index contributed by atoms with van der Waals surface area (Å²) in [5, 5.41) is 6.74. The first-order chi connectivity index (χ1) is 11.8. The molecule has 1 aliphatic rings. The molecule has 0 atom stereocenters. The molecule has 1 fully saturated rings. The van der Waals surface area contributed by atoms with Crippen LogP contribution in [0.1, 0.15) is 59.3 Å². The van der Waals surface area contributed by atoms with Gasteiger partial charge >= 0.3 is 0 Å². The predicted octanol–water partition coefficient (Wildman–Crippen LogP) is 2.87. The lowest BCUT2D eigenvalue weighted by Crippen LogP contribution is -2.38. The van der Waals surface area contributed by atoms with E-state index < -0.39 is 0 Å². The van der Waals surface area contributed by atoms with Gasteiger partial charge in [0.1, 0.15) is 0 Å². The number of unbranched alkanes of at least 4 members (excludes halogenated alkanes) is 2. The summed E-state index contributed by atoms with van der Waals surface area (Å²) in [5.41, 5.74) is 0. The Bertz CT molecular complexity index is 314. The second kappa shape index (κ2) is 14.5. The van der Waals surface area contributed by atoms with Crippen LogP contribution in [0.25, 0.3) is 0 Å². The van der Waals surface area contributed by atoms with E-state index in [9.17, 15) is 0 Å². The SMILES string of the molecule is CCNC(=NCCCCN1CCC(C)CC1)NCCCCOCC. The Hall–Kier alpha value is -0.810. The van der Waals surface area contributed by atoms with Crippen molar-refractivity contribution in [3.8, 4) is 0 Å². The third kappa shape index (κ3) is 10.9. The van der Waals surface area contributed by atoms with Gasteiger partial charge in [-0.2, -0.15) is 0 Å². The fourth-order valence-electron chi connectivity index (χ4n) is 2.95. The van der Waals surface area contributed by atoms with Gasteiger partial charge in [-0.1, -0.05) is 6.92 Å². The Morgan fingerprint density at radius 2 is 1.88 bits per heavy atom. The summed E-state index contributed by atoms with van der Waals surface area (Å²) in [5.74, 6) is 1.88. The van der Waals surface area contributed by atoms with Crippen molar-refractivity contribution in [2.75, 3.05) is 52.5 Å². The minimum Gasteiger partial charge on any atom is -0.382 e.